The molecule has 0 aromatic heterocycles. The Morgan fingerprint density at radius 1 is 0.867 bits per heavy atom. The molecule has 0 bridgehead atoms. The van der Waals surface area contributed by atoms with Crippen molar-refractivity contribution < 1.29 is 29.0 Å². The number of imide groups is 1. The number of benzene rings is 3. The first-order valence-electron chi connectivity index (χ1n) is 9.15. The second-order valence-corrected chi connectivity index (χ2v) is 6.97. The minimum Gasteiger partial charge on any atom is -0.497 e. The number of carbonyl (C=O) groups excluding carboxylic acids is 3. The standard InChI is InChI=1S/C22H16N2O6/c1-29-10-3-8-16(30-2)15(9-10)24-21(27)13-6-4-11-17-12(20(26)23-19(11)25)5-7-14(18(13)17)22(24)28/h3-9,19,25H,1-2H3,(H,23,26). The summed E-state index contributed by atoms with van der Waals surface area (Å²) in [5.74, 6) is -0.773. The van der Waals surface area contributed by atoms with Crippen molar-refractivity contribution in [3.63, 3.8) is 0 Å². The Bertz CT molecular complexity index is 1260. The minimum absolute atomic E-state index is 0.253. The topological polar surface area (TPSA) is 105 Å². The fraction of sp³-hybridized carbons (Fsp3) is 0.136. The van der Waals surface area contributed by atoms with Crippen molar-refractivity contribution in [3.8, 4) is 11.5 Å². The van der Waals surface area contributed by atoms with E-state index in [2.05, 4.69) is 5.32 Å². The summed E-state index contributed by atoms with van der Waals surface area (Å²) in [5, 5.41) is 13.5. The molecule has 30 heavy (non-hydrogen) atoms. The molecule has 1 atom stereocenters. The van der Waals surface area contributed by atoms with Gasteiger partial charge in [0.25, 0.3) is 17.7 Å². The van der Waals surface area contributed by atoms with E-state index >= 15 is 0 Å². The largest absolute Gasteiger partial charge is 0.497 e. The van der Waals surface area contributed by atoms with Crippen LogP contribution in [0, 0.1) is 0 Å². The summed E-state index contributed by atoms with van der Waals surface area (Å²) in [6.07, 6.45) is -1.21. The molecule has 0 saturated heterocycles. The van der Waals surface area contributed by atoms with Crippen molar-refractivity contribution >= 4 is 34.2 Å². The third-order valence-electron chi connectivity index (χ3n) is 5.49. The highest BCUT2D eigenvalue weighted by atomic mass is 16.5. The van der Waals surface area contributed by atoms with Crippen LogP contribution in [0.25, 0.3) is 10.8 Å². The third kappa shape index (κ3) is 2.28. The number of carbonyl (C=O) groups is 3. The Labute approximate surface area is 170 Å². The van der Waals surface area contributed by atoms with Crippen LogP contribution in [-0.2, 0) is 0 Å². The maximum atomic E-state index is 13.4. The highest BCUT2D eigenvalue weighted by Crippen LogP contribution is 2.41. The summed E-state index contributed by atoms with van der Waals surface area (Å²) in [4.78, 5) is 40.2. The van der Waals surface area contributed by atoms with E-state index in [-0.39, 0.29) is 16.8 Å². The Balaban J connectivity index is 1.79. The van der Waals surface area contributed by atoms with Gasteiger partial charge in [0, 0.05) is 39.1 Å². The van der Waals surface area contributed by atoms with Gasteiger partial charge in [-0.1, -0.05) is 6.07 Å². The second-order valence-electron chi connectivity index (χ2n) is 6.97. The lowest BCUT2D eigenvalue weighted by atomic mass is 9.86. The van der Waals surface area contributed by atoms with Crippen LogP contribution in [0.2, 0.25) is 0 Å². The number of aliphatic hydroxyl groups excluding tert-OH is 1. The number of hydrogen-bond donors (Lipinski definition) is 2. The number of rotatable bonds is 3. The fourth-order valence-electron chi connectivity index (χ4n) is 4.10. The maximum Gasteiger partial charge on any atom is 0.266 e. The van der Waals surface area contributed by atoms with Gasteiger partial charge in [0.1, 0.15) is 11.5 Å². The van der Waals surface area contributed by atoms with E-state index in [4.69, 9.17) is 9.47 Å². The van der Waals surface area contributed by atoms with Crippen LogP contribution < -0.4 is 19.7 Å². The summed E-state index contributed by atoms with van der Waals surface area (Å²) in [5.41, 5.74) is 1.53. The van der Waals surface area contributed by atoms with E-state index in [1.807, 2.05) is 0 Å². The quantitative estimate of drug-likeness (QED) is 0.650. The Hall–Kier alpha value is -3.91. The average Bonchev–Trinajstić information content (AvgIpc) is 2.75. The van der Waals surface area contributed by atoms with Crippen LogP contribution in [0.1, 0.15) is 42.9 Å². The molecule has 0 radical (unpaired) electrons. The zero-order chi connectivity index (χ0) is 21.2. The summed E-state index contributed by atoms with van der Waals surface area (Å²) in [6, 6.07) is 11.0. The van der Waals surface area contributed by atoms with Crippen LogP contribution in [0.15, 0.2) is 42.5 Å². The summed E-state index contributed by atoms with van der Waals surface area (Å²) in [6.45, 7) is 0. The highest BCUT2D eigenvalue weighted by Gasteiger charge is 2.38. The molecule has 2 N–H and O–H groups in total. The average molecular weight is 404 g/mol. The highest BCUT2D eigenvalue weighted by molar-refractivity contribution is 6.37. The van der Waals surface area contributed by atoms with E-state index < -0.39 is 23.9 Å². The van der Waals surface area contributed by atoms with Gasteiger partial charge in [-0.05, 0) is 30.3 Å². The zero-order valence-corrected chi connectivity index (χ0v) is 16.1. The fourth-order valence-corrected chi connectivity index (χ4v) is 4.10. The number of anilines is 1. The smallest absolute Gasteiger partial charge is 0.266 e. The lowest BCUT2D eigenvalue weighted by molar-refractivity contribution is 0.0770. The van der Waals surface area contributed by atoms with Gasteiger partial charge in [0.15, 0.2) is 6.23 Å². The number of nitrogens with one attached hydrogen (secondary N) is 1. The first-order chi connectivity index (χ1) is 14.5. The molecule has 0 fully saturated rings. The molecule has 8 heteroatoms. The molecule has 0 spiro atoms. The van der Waals surface area contributed by atoms with Crippen molar-refractivity contribution in [1.82, 2.24) is 5.32 Å². The van der Waals surface area contributed by atoms with Crippen molar-refractivity contribution in [2.24, 2.45) is 0 Å². The van der Waals surface area contributed by atoms with Gasteiger partial charge in [-0.2, -0.15) is 0 Å². The predicted molar refractivity (Wildman–Crippen MR) is 107 cm³/mol. The van der Waals surface area contributed by atoms with E-state index in [0.717, 1.165) is 4.90 Å². The Morgan fingerprint density at radius 3 is 2.20 bits per heavy atom. The van der Waals surface area contributed by atoms with Gasteiger partial charge in [-0.25, -0.2) is 4.90 Å². The SMILES string of the molecule is COc1ccc(OC)c(N2C(=O)c3ccc4c5c(ccc(c35)C2=O)C(O)NC4=O)c1. The Kier molecular flexibility index (Phi) is 3.81. The number of methoxy groups -OCH3 is 2. The number of hydrogen-bond acceptors (Lipinski definition) is 6. The minimum atomic E-state index is -1.21. The van der Waals surface area contributed by atoms with E-state index in [9.17, 15) is 19.5 Å². The van der Waals surface area contributed by atoms with Gasteiger partial charge in [-0.15, -0.1) is 0 Å². The number of nitrogens with zero attached hydrogens (tertiary/aromatic N) is 1. The number of ether oxygens (including phenoxy) is 2. The molecule has 0 saturated carbocycles. The predicted octanol–water partition coefficient (Wildman–Crippen LogP) is 2.39. The van der Waals surface area contributed by atoms with E-state index in [1.165, 1.54) is 26.4 Å². The van der Waals surface area contributed by atoms with Crippen molar-refractivity contribution in [2.75, 3.05) is 19.1 Å². The molecule has 2 aliphatic heterocycles. The molecule has 3 amide bonds. The third-order valence-corrected chi connectivity index (χ3v) is 5.49. The second kappa shape index (κ2) is 6.30. The molecule has 8 nitrogen and oxygen atoms in total. The van der Waals surface area contributed by atoms with Gasteiger partial charge < -0.3 is 19.9 Å². The molecular formula is C22H16N2O6. The molecule has 5 rings (SSSR count). The molecule has 0 aliphatic carbocycles. The normalized spacial score (nSPS) is 17.2. The van der Waals surface area contributed by atoms with E-state index in [1.54, 1.807) is 30.3 Å². The summed E-state index contributed by atoms with van der Waals surface area (Å²) < 4.78 is 10.6. The molecule has 3 aromatic rings. The lowest BCUT2D eigenvalue weighted by Crippen LogP contribution is -2.41. The molecule has 2 aliphatic rings. The first-order valence-corrected chi connectivity index (χ1v) is 9.15. The monoisotopic (exact) mass is 404 g/mol. The molecule has 150 valence electrons. The van der Waals surface area contributed by atoms with Gasteiger partial charge >= 0.3 is 0 Å². The number of amides is 3. The summed E-state index contributed by atoms with van der Waals surface area (Å²) >= 11 is 0. The van der Waals surface area contributed by atoms with Crippen LogP contribution in [0.5, 0.6) is 11.5 Å². The Morgan fingerprint density at radius 2 is 1.53 bits per heavy atom. The number of aliphatic hydroxyl groups is 1. The van der Waals surface area contributed by atoms with Crippen LogP contribution in [0.3, 0.4) is 0 Å². The molecule has 3 aromatic carbocycles. The van der Waals surface area contributed by atoms with Gasteiger partial charge in [0.2, 0.25) is 0 Å². The first kappa shape index (κ1) is 18.1. The van der Waals surface area contributed by atoms with Crippen molar-refractivity contribution in [1.29, 1.82) is 0 Å². The van der Waals surface area contributed by atoms with Crippen molar-refractivity contribution in [3.05, 3.63) is 64.7 Å². The van der Waals surface area contributed by atoms with Crippen LogP contribution in [-0.4, -0.2) is 37.0 Å². The maximum absolute atomic E-state index is 13.4. The molecule has 1 unspecified atom stereocenters. The summed E-state index contributed by atoms with van der Waals surface area (Å²) in [7, 11) is 2.93. The van der Waals surface area contributed by atoms with Crippen LogP contribution in [0.4, 0.5) is 5.69 Å². The van der Waals surface area contributed by atoms with Gasteiger partial charge in [0.05, 0.1) is 19.9 Å². The van der Waals surface area contributed by atoms with Crippen LogP contribution >= 0.6 is 0 Å². The van der Waals surface area contributed by atoms with Gasteiger partial charge in [-0.3, -0.25) is 14.4 Å². The molecular weight excluding hydrogens is 388 g/mol. The lowest BCUT2D eigenvalue weighted by Gasteiger charge is -2.31. The van der Waals surface area contributed by atoms with Crippen molar-refractivity contribution in [2.45, 2.75) is 6.23 Å². The van der Waals surface area contributed by atoms with E-state index in [0.29, 0.717) is 33.4 Å². The molecule has 2 heterocycles. The zero-order valence-electron chi connectivity index (χ0n) is 16.1.